The average Bonchev–Trinajstić information content (AvgIpc) is 2.78. The van der Waals surface area contributed by atoms with Gasteiger partial charge in [-0.3, -0.25) is 4.79 Å². The predicted octanol–water partition coefficient (Wildman–Crippen LogP) is 4.64. The molecule has 0 aliphatic rings. The van der Waals surface area contributed by atoms with Gasteiger partial charge < -0.3 is 24.8 Å². The molecular weight excluding hydrogens is 380 g/mol. The van der Waals surface area contributed by atoms with Crippen molar-refractivity contribution in [3.8, 4) is 17.2 Å². The summed E-state index contributed by atoms with van der Waals surface area (Å²) in [6.07, 6.45) is 0. The minimum Gasteiger partial charge on any atom is -0.497 e. The van der Waals surface area contributed by atoms with Crippen LogP contribution in [0, 0.1) is 6.92 Å². The Bertz CT molecular complexity index is 970. The van der Waals surface area contributed by atoms with Gasteiger partial charge in [-0.25, -0.2) is 0 Å². The zero-order chi connectivity index (χ0) is 21.3. The minimum absolute atomic E-state index is 0.121. The molecule has 0 unspecified atom stereocenters. The molecular formula is C24H26N2O4. The second-order valence-electron chi connectivity index (χ2n) is 6.73. The fourth-order valence-electron chi connectivity index (χ4n) is 2.90. The number of rotatable bonds is 9. The van der Waals surface area contributed by atoms with Crippen LogP contribution in [0.3, 0.4) is 0 Å². The van der Waals surface area contributed by atoms with Crippen LogP contribution in [0.25, 0.3) is 0 Å². The third-order valence-electron chi connectivity index (χ3n) is 4.54. The van der Waals surface area contributed by atoms with Gasteiger partial charge in [0.05, 0.1) is 14.2 Å². The summed E-state index contributed by atoms with van der Waals surface area (Å²) in [5.74, 6) is 1.68. The van der Waals surface area contributed by atoms with Crippen LogP contribution >= 0.6 is 0 Å². The number of hydrogen-bond donors (Lipinski definition) is 2. The summed E-state index contributed by atoms with van der Waals surface area (Å²) in [6, 6.07) is 20.9. The van der Waals surface area contributed by atoms with E-state index in [-0.39, 0.29) is 12.5 Å². The monoisotopic (exact) mass is 406 g/mol. The molecule has 0 saturated carbocycles. The summed E-state index contributed by atoms with van der Waals surface area (Å²) in [6.45, 7) is 2.39. The van der Waals surface area contributed by atoms with Gasteiger partial charge in [0.25, 0.3) is 5.91 Å². The van der Waals surface area contributed by atoms with E-state index in [0.717, 1.165) is 28.3 Å². The van der Waals surface area contributed by atoms with Crippen LogP contribution in [-0.2, 0) is 11.3 Å². The van der Waals surface area contributed by atoms with Gasteiger partial charge in [-0.05, 0) is 49.4 Å². The maximum atomic E-state index is 12.3. The number of carbonyl (C=O) groups is 1. The SMILES string of the molecule is COc1ccc(NCc2cccc(OC)c2OCC(=O)Nc2ccc(C)cc2)cc1. The van der Waals surface area contributed by atoms with Gasteiger partial charge >= 0.3 is 0 Å². The number of aryl methyl sites for hydroxylation is 1. The Balaban J connectivity index is 1.65. The number of carbonyl (C=O) groups excluding carboxylic acids is 1. The summed E-state index contributed by atoms with van der Waals surface area (Å²) in [5.41, 5.74) is 3.69. The van der Waals surface area contributed by atoms with Crippen molar-refractivity contribution in [2.45, 2.75) is 13.5 Å². The van der Waals surface area contributed by atoms with Crippen molar-refractivity contribution >= 4 is 17.3 Å². The molecule has 156 valence electrons. The first-order valence-electron chi connectivity index (χ1n) is 9.62. The summed E-state index contributed by atoms with van der Waals surface area (Å²) in [5, 5.41) is 6.18. The molecule has 30 heavy (non-hydrogen) atoms. The molecule has 3 aromatic carbocycles. The fraction of sp³-hybridized carbons (Fsp3) is 0.208. The minimum atomic E-state index is -0.237. The Hall–Kier alpha value is -3.67. The first-order chi connectivity index (χ1) is 14.6. The quantitative estimate of drug-likeness (QED) is 0.542. The molecule has 3 rings (SSSR count). The van der Waals surface area contributed by atoms with Crippen molar-refractivity contribution in [1.82, 2.24) is 0 Å². The number of anilines is 2. The third-order valence-corrected chi connectivity index (χ3v) is 4.54. The zero-order valence-corrected chi connectivity index (χ0v) is 17.4. The van der Waals surface area contributed by atoms with Crippen LogP contribution < -0.4 is 24.8 Å². The largest absolute Gasteiger partial charge is 0.497 e. The molecule has 0 saturated heterocycles. The topological polar surface area (TPSA) is 68.8 Å². The van der Waals surface area contributed by atoms with E-state index < -0.39 is 0 Å². The molecule has 2 N–H and O–H groups in total. The summed E-state index contributed by atoms with van der Waals surface area (Å²) in [4.78, 5) is 12.3. The van der Waals surface area contributed by atoms with Gasteiger partial charge in [0, 0.05) is 23.5 Å². The Morgan fingerprint density at radius 1 is 0.867 bits per heavy atom. The van der Waals surface area contributed by atoms with Gasteiger partial charge in [-0.15, -0.1) is 0 Å². The highest BCUT2D eigenvalue weighted by atomic mass is 16.5. The highest BCUT2D eigenvalue weighted by Crippen LogP contribution is 2.32. The van der Waals surface area contributed by atoms with Gasteiger partial charge in [-0.1, -0.05) is 29.8 Å². The Kier molecular flexibility index (Phi) is 7.16. The number of hydrogen-bond acceptors (Lipinski definition) is 5. The van der Waals surface area contributed by atoms with E-state index in [0.29, 0.717) is 18.0 Å². The highest BCUT2D eigenvalue weighted by Gasteiger charge is 2.13. The van der Waals surface area contributed by atoms with Crippen LogP contribution in [0.1, 0.15) is 11.1 Å². The number of para-hydroxylation sites is 1. The van der Waals surface area contributed by atoms with E-state index >= 15 is 0 Å². The van der Waals surface area contributed by atoms with E-state index in [1.54, 1.807) is 14.2 Å². The number of nitrogens with one attached hydrogen (secondary N) is 2. The third kappa shape index (κ3) is 5.67. The molecule has 0 atom stereocenters. The standard InChI is InChI=1S/C24H26N2O4/c1-17-7-9-20(10-8-17)26-23(27)16-30-24-18(5-4-6-22(24)29-3)15-25-19-11-13-21(28-2)14-12-19/h4-14,25H,15-16H2,1-3H3,(H,26,27). The molecule has 0 aliphatic carbocycles. The molecule has 0 bridgehead atoms. The summed E-state index contributed by atoms with van der Waals surface area (Å²) in [7, 11) is 3.21. The van der Waals surface area contributed by atoms with E-state index in [4.69, 9.17) is 14.2 Å². The molecule has 1 amide bonds. The van der Waals surface area contributed by atoms with Crippen molar-refractivity contribution in [2.75, 3.05) is 31.5 Å². The highest BCUT2D eigenvalue weighted by molar-refractivity contribution is 5.91. The molecule has 0 radical (unpaired) electrons. The predicted molar refractivity (Wildman–Crippen MR) is 119 cm³/mol. The number of ether oxygens (including phenoxy) is 3. The lowest BCUT2D eigenvalue weighted by Crippen LogP contribution is -2.21. The van der Waals surface area contributed by atoms with Gasteiger partial charge in [0.1, 0.15) is 5.75 Å². The van der Waals surface area contributed by atoms with Crippen LogP contribution in [0.4, 0.5) is 11.4 Å². The van der Waals surface area contributed by atoms with Gasteiger partial charge in [0.2, 0.25) is 0 Å². The second kappa shape index (κ2) is 10.2. The van der Waals surface area contributed by atoms with E-state index in [2.05, 4.69) is 10.6 Å². The van der Waals surface area contributed by atoms with Crippen molar-refractivity contribution in [2.24, 2.45) is 0 Å². The van der Waals surface area contributed by atoms with Crippen LogP contribution in [0.15, 0.2) is 66.7 Å². The number of amides is 1. The molecule has 0 heterocycles. The molecule has 0 spiro atoms. The van der Waals surface area contributed by atoms with Gasteiger partial charge in [-0.2, -0.15) is 0 Å². The maximum Gasteiger partial charge on any atom is 0.262 e. The number of benzene rings is 3. The molecule has 0 aliphatic heterocycles. The Labute approximate surface area is 176 Å². The normalized spacial score (nSPS) is 10.2. The van der Waals surface area contributed by atoms with Crippen molar-refractivity contribution in [1.29, 1.82) is 0 Å². The van der Waals surface area contributed by atoms with E-state index in [1.807, 2.05) is 73.7 Å². The van der Waals surface area contributed by atoms with Crippen LogP contribution in [-0.4, -0.2) is 26.7 Å². The second-order valence-corrected chi connectivity index (χ2v) is 6.73. The summed E-state index contributed by atoms with van der Waals surface area (Å²) < 4.78 is 16.5. The molecule has 0 aromatic heterocycles. The molecule has 6 nitrogen and oxygen atoms in total. The van der Waals surface area contributed by atoms with Crippen LogP contribution in [0.5, 0.6) is 17.2 Å². The molecule has 3 aromatic rings. The van der Waals surface area contributed by atoms with Gasteiger partial charge in [0.15, 0.2) is 18.1 Å². The maximum absolute atomic E-state index is 12.3. The Morgan fingerprint density at radius 3 is 2.23 bits per heavy atom. The van der Waals surface area contributed by atoms with Crippen molar-refractivity contribution in [3.63, 3.8) is 0 Å². The zero-order valence-electron chi connectivity index (χ0n) is 17.4. The molecule has 6 heteroatoms. The van der Waals surface area contributed by atoms with Crippen molar-refractivity contribution < 1.29 is 19.0 Å². The molecule has 0 fully saturated rings. The fourth-order valence-corrected chi connectivity index (χ4v) is 2.90. The first-order valence-corrected chi connectivity index (χ1v) is 9.62. The smallest absolute Gasteiger partial charge is 0.262 e. The Morgan fingerprint density at radius 2 is 1.57 bits per heavy atom. The number of methoxy groups -OCH3 is 2. The lowest BCUT2D eigenvalue weighted by atomic mass is 10.1. The van der Waals surface area contributed by atoms with Crippen LogP contribution in [0.2, 0.25) is 0 Å². The first kappa shape index (κ1) is 21.0. The van der Waals surface area contributed by atoms with Crippen molar-refractivity contribution in [3.05, 3.63) is 77.9 Å². The van der Waals surface area contributed by atoms with E-state index in [9.17, 15) is 4.79 Å². The lowest BCUT2D eigenvalue weighted by molar-refractivity contribution is -0.118. The lowest BCUT2D eigenvalue weighted by Gasteiger charge is -2.16. The summed E-state index contributed by atoms with van der Waals surface area (Å²) >= 11 is 0. The van der Waals surface area contributed by atoms with E-state index in [1.165, 1.54) is 0 Å². The average molecular weight is 406 g/mol.